The molecule has 0 radical (unpaired) electrons. The van der Waals surface area contributed by atoms with Crippen molar-refractivity contribution in [3.05, 3.63) is 0 Å². The van der Waals surface area contributed by atoms with E-state index in [1.807, 2.05) is 0 Å². The molecule has 0 bridgehead atoms. The normalized spacial score (nSPS) is 39.1. The highest BCUT2D eigenvalue weighted by atomic mass is 15.5. The van der Waals surface area contributed by atoms with E-state index in [2.05, 4.69) is 5.01 Å². The lowest BCUT2D eigenvalue weighted by Crippen LogP contribution is -2.50. The number of fused-ring (bicyclic) bond motifs is 4. The Bertz CT molecular complexity index is 399. The van der Waals surface area contributed by atoms with Crippen molar-refractivity contribution in [1.29, 1.82) is 0 Å². The smallest absolute Gasteiger partial charge is 0.140 e. The summed E-state index contributed by atoms with van der Waals surface area (Å²) in [5, 5.41) is 7.27. The molecular formula is C15H23N3. The van der Waals surface area contributed by atoms with Gasteiger partial charge in [0, 0.05) is 12.5 Å². The van der Waals surface area contributed by atoms with E-state index < -0.39 is 0 Å². The van der Waals surface area contributed by atoms with Gasteiger partial charge in [0.25, 0.3) is 0 Å². The van der Waals surface area contributed by atoms with Crippen molar-refractivity contribution in [2.75, 3.05) is 6.54 Å². The highest BCUT2D eigenvalue weighted by Gasteiger charge is 2.41. The zero-order chi connectivity index (χ0) is 11.9. The first-order chi connectivity index (χ1) is 8.92. The minimum atomic E-state index is 0.404. The van der Waals surface area contributed by atoms with Crippen molar-refractivity contribution in [1.82, 2.24) is 5.01 Å². The van der Waals surface area contributed by atoms with E-state index in [4.69, 9.17) is 10.1 Å². The number of piperidine rings is 1. The average molecular weight is 245 g/mol. The van der Waals surface area contributed by atoms with Gasteiger partial charge in [0.05, 0.1) is 11.4 Å². The van der Waals surface area contributed by atoms with Crippen LogP contribution in [0.25, 0.3) is 0 Å². The second-order valence-corrected chi connectivity index (χ2v) is 6.40. The molecule has 2 saturated carbocycles. The van der Waals surface area contributed by atoms with Crippen molar-refractivity contribution in [3.8, 4) is 0 Å². The lowest BCUT2D eigenvalue weighted by molar-refractivity contribution is 0.0281. The quantitative estimate of drug-likeness (QED) is 0.644. The third-order valence-corrected chi connectivity index (χ3v) is 5.33. The fourth-order valence-electron chi connectivity index (χ4n) is 4.35. The lowest BCUT2D eigenvalue weighted by Gasteiger charge is -2.47. The minimum absolute atomic E-state index is 0.404. The summed E-state index contributed by atoms with van der Waals surface area (Å²) in [5.41, 5.74) is 2.67. The third kappa shape index (κ3) is 1.70. The van der Waals surface area contributed by atoms with Gasteiger partial charge in [-0.05, 0) is 50.9 Å². The van der Waals surface area contributed by atoms with Crippen LogP contribution in [0.4, 0.5) is 0 Å². The van der Waals surface area contributed by atoms with Crippen LogP contribution in [0.5, 0.6) is 0 Å². The van der Waals surface area contributed by atoms with Crippen molar-refractivity contribution in [2.24, 2.45) is 21.9 Å². The molecule has 2 heterocycles. The Balaban J connectivity index is 1.63. The fourth-order valence-corrected chi connectivity index (χ4v) is 4.35. The predicted octanol–water partition coefficient (Wildman–Crippen LogP) is 3.21. The van der Waals surface area contributed by atoms with Crippen molar-refractivity contribution < 1.29 is 0 Å². The van der Waals surface area contributed by atoms with Gasteiger partial charge in [-0.1, -0.05) is 12.8 Å². The van der Waals surface area contributed by atoms with Crippen LogP contribution in [0.3, 0.4) is 0 Å². The standard InChI is InChI=1S/C15H23N3/c1-2-6-12-11(5-1)9-10-18-15(12)16-13-7-3-4-8-14(13)17-18/h11-12,15H,1-10H2. The maximum atomic E-state index is 5.12. The minimum Gasteiger partial charge on any atom is -0.272 e. The summed E-state index contributed by atoms with van der Waals surface area (Å²) >= 11 is 0. The second kappa shape index (κ2) is 4.36. The van der Waals surface area contributed by atoms with Gasteiger partial charge >= 0.3 is 0 Å². The van der Waals surface area contributed by atoms with Crippen molar-refractivity contribution >= 4 is 11.4 Å². The average Bonchev–Trinajstić information content (AvgIpc) is 2.45. The van der Waals surface area contributed by atoms with E-state index in [0.717, 1.165) is 24.8 Å². The maximum Gasteiger partial charge on any atom is 0.140 e. The highest BCUT2D eigenvalue weighted by Crippen LogP contribution is 2.41. The van der Waals surface area contributed by atoms with Gasteiger partial charge in [0.2, 0.25) is 0 Å². The van der Waals surface area contributed by atoms with Crippen molar-refractivity contribution in [3.63, 3.8) is 0 Å². The van der Waals surface area contributed by atoms with Crippen LogP contribution in [-0.2, 0) is 0 Å². The van der Waals surface area contributed by atoms with Gasteiger partial charge in [0.1, 0.15) is 6.17 Å². The monoisotopic (exact) mass is 245 g/mol. The number of nitrogens with zero attached hydrogens (tertiary/aromatic N) is 3. The zero-order valence-electron chi connectivity index (χ0n) is 11.1. The van der Waals surface area contributed by atoms with E-state index >= 15 is 0 Å². The van der Waals surface area contributed by atoms with E-state index in [9.17, 15) is 0 Å². The molecule has 3 fully saturated rings. The Labute approximate surface area is 109 Å². The van der Waals surface area contributed by atoms with Crippen LogP contribution in [0, 0.1) is 11.8 Å². The Morgan fingerprint density at radius 2 is 1.72 bits per heavy atom. The molecule has 3 atom stereocenters. The molecule has 3 nitrogen and oxygen atoms in total. The largest absolute Gasteiger partial charge is 0.272 e. The molecule has 3 heteroatoms. The Morgan fingerprint density at radius 1 is 0.889 bits per heavy atom. The van der Waals surface area contributed by atoms with Gasteiger partial charge in [-0.25, -0.2) is 0 Å². The Kier molecular flexibility index (Phi) is 2.66. The van der Waals surface area contributed by atoms with E-state index in [1.165, 1.54) is 62.8 Å². The number of hydrogen-bond acceptors (Lipinski definition) is 3. The first kappa shape index (κ1) is 11.0. The summed E-state index contributed by atoms with van der Waals surface area (Å²) in [4.78, 5) is 5.12. The molecule has 4 rings (SSSR count). The summed E-state index contributed by atoms with van der Waals surface area (Å²) < 4.78 is 0. The van der Waals surface area contributed by atoms with Gasteiger partial charge in [0.15, 0.2) is 0 Å². The van der Waals surface area contributed by atoms with Crippen molar-refractivity contribution in [2.45, 2.75) is 64.0 Å². The maximum absolute atomic E-state index is 5.12. The summed E-state index contributed by atoms with van der Waals surface area (Å²) in [6.07, 6.45) is 12.4. The molecule has 0 aromatic carbocycles. The Morgan fingerprint density at radius 3 is 2.67 bits per heavy atom. The summed E-state index contributed by atoms with van der Waals surface area (Å²) in [6, 6.07) is 0. The van der Waals surface area contributed by atoms with Crippen LogP contribution in [-0.4, -0.2) is 29.1 Å². The molecule has 2 aliphatic heterocycles. The molecule has 1 saturated heterocycles. The number of hydrogen-bond donors (Lipinski definition) is 0. The molecular weight excluding hydrogens is 222 g/mol. The summed E-state index contributed by atoms with van der Waals surface area (Å²) in [5.74, 6) is 1.73. The highest BCUT2D eigenvalue weighted by molar-refractivity contribution is 6.43. The predicted molar refractivity (Wildman–Crippen MR) is 73.9 cm³/mol. The molecule has 0 spiro atoms. The van der Waals surface area contributed by atoms with Gasteiger partial charge < -0.3 is 0 Å². The number of aliphatic imine (C=N–C) groups is 1. The number of rotatable bonds is 0. The first-order valence-corrected chi connectivity index (χ1v) is 7.83. The van der Waals surface area contributed by atoms with Crippen LogP contribution < -0.4 is 0 Å². The van der Waals surface area contributed by atoms with Crippen LogP contribution in [0.15, 0.2) is 10.1 Å². The third-order valence-electron chi connectivity index (χ3n) is 5.33. The molecule has 4 aliphatic rings. The molecule has 98 valence electrons. The van der Waals surface area contributed by atoms with Gasteiger partial charge in [-0.3, -0.25) is 10.0 Å². The summed E-state index contributed by atoms with van der Waals surface area (Å²) in [6.45, 7) is 1.14. The van der Waals surface area contributed by atoms with E-state index in [1.54, 1.807) is 0 Å². The van der Waals surface area contributed by atoms with Gasteiger partial charge in [-0.2, -0.15) is 5.10 Å². The molecule has 0 aromatic rings. The Hall–Kier alpha value is -0.860. The molecule has 18 heavy (non-hydrogen) atoms. The van der Waals surface area contributed by atoms with Crippen LogP contribution in [0.1, 0.15) is 57.8 Å². The fraction of sp³-hybridized carbons (Fsp3) is 0.867. The number of hydrazone groups is 1. The SMILES string of the molecule is C1CCC2=NN3CCC4CCCCC4C3N=C2C1. The first-order valence-electron chi connectivity index (χ1n) is 7.83. The van der Waals surface area contributed by atoms with Gasteiger partial charge in [-0.15, -0.1) is 0 Å². The molecule has 3 unspecified atom stereocenters. The molecule has 0 amide bonds. The summed E-state index contributed by atoms with van der Waals surface area (Å²) in [7, 11) is 0. The molecule has 0 N–H and O–H groups in total. The topological polar surface area (TPSA) is 28.0 Å². The van der Waals surface area contributed by atoms with Crippen LogP contribution >= 0.6 is 0 Å². The lowest BCUT2D eigenvalue weighted by atomic mass is 9.73. The van der Waals surface area contributed by atoms with Crippen LogP contribution in [0.2, 0.25) is 0 Å². The van der Waals surface area contributed by atoms with E-state index in [0.29, 0.717) is 6.17 Å². The van der Waals surface area contributed by atoms with E-state index in [-0.39, 0.29) is 0 Å². The molecule has 2 aliphatic carbocycles. The zero-order valence-corrected chi connectivity index (χ0v) is 11.1. The molecule has 0 aromatic heterocycles. The second-order valence-electron chi connectivity index (χ2n) is 6.40.